The van der Waals surface area contributed by atoms with Crippen molar-refractivity contribution in [1.82, 2.24) is 0 Å². The smallest absolute Gasteiger partial charge is 0.306 e. The van der Waals surface area contributed by atoms with Crippen molar-refractivity contribution in [2.24, 2.45) is 5.92 Å². The van der Waals surface area contributed by atoms with Gasteiger partial charge in [0, 0.05) is 11.3 Å². The van der Waals surface area contributed by atoms with E-state index in [0.29, 0.717) is 35.8 Å². The van der Waals surface area contributed by atoms with E-state index >= 15 is 0 Å². The summed E-state index contributed by atoms with van der Waals surface area (Å²) in [4.78, 5) is 23.3. The third-order valence-electron chi connectivity index (χ3n) is 3.90. The van der Waals surface area contributed by atoms with Crippen LogP contribution in [-0.4, -0.2) is 30.7 Å². The monoisotopic (exact) mass is 357 g/mol. The Hall–Kier alpha value is -3.02. The standard InChI is InChI=1S/C20H23NO5/c1-4-26-17-10-7-15(12-18(17)25-3)19(22)21-16-8-5-14(6-9-16)11-13(2)20(23)24/h5-10,12-13H,4,11H2,1-3H3,(H,21,22)(H,23,24). The molecule has 0 saturated heterocycles. The number of rotatable bonds is 8. The maximum atomic E-state index is 12.4. The number of carboxylic acid groups (broad SMARTS) is 1. The highest BCUT2D eigenvalue weighted by Gasteiger charge is 2.13. The zero-order chi connectivity index (χ0) is 19.1. The summed E-state index contributed by atoms with van der Waals surface area (Å²) in [6.07, 6.45) is 0.444. The predicted molar refractivity (Wildman–Crippen MR) is 99.1 cm³/mol. The van der Waals surface area contributed by atoms with Crippen molar-refractivity contribution in [3.05, 3.63) is 53.6 Å². The number of anilines is 1. The van der Waals surface area contributed by atoms with Gasteiger partial charge >= 0.3 is 5.97 Å². The first-order valence-electron chi connectivity index (χ1n) is 8.38. The van der Waals surface area contributed by atoms with E-state index in [-0.39, 0.29) is 5.91 Å². The van der Waals surface area contributed by atoms with Gasteiger partial charge in [0.1, 0.15) is 0 Å². The summed E-state index contributed by atoms with van der Waals surface area (Å²) >= 11 is 0. The molecule has 2 rings (SSSR count). The second-order valence-electron chi connectivity index (χ2n) is 5.89. The van der Waals surface area contributed by atoms with Crippen LogP contribution in [0.5, 0.6) is 11.5 Å². The first-order valence-corrected chi connectivity index (χ1v) is 8.38. The molecular weight excluding hydrogens is 334 g/mol. The van der Waals surface area contributed by atoms with Crippen LogP contribution < -0.4 is 14.8 Å². The minimum atomic E-state index is -0.827. The van der Waals surface area contributed by atoms with Crippen molar-refractivity contribution in [2.75, 3.05) is 19.0 Å². The number of methoxy groups -OCH3 is 1. The van der Waals surface area contributed by atoms with E-state index in [1.807, 2.05) is 19.1 Å². The molecule has 0 bridgehead atoms. The van der Waals surface area contributed by atoms with E-state index in [2.05, 4.69) is 5.32 Å². The molecule has 2 aromatic rings. The molecule has 26 heavy (non-hydrogen) atoms. The summed E-state index contributed by atoms with van der Waals surface area (Å²) < 4.78 is 10.7. The molecule has 138 valence electrons. The van der Waals surface area contributed by atoms with E-state index < -0.39 is 11.9 Å². The highest BCUT2D eigenvalue weighted by Crippen LogP contribution is 2.28. The lowest BCUT2D eigenvalue weighted by Crippen LogP contribution is -2.13. The Bertz CT molecular complexity index is 770. The molecule has 1 unspecified atom stereocenters. The average Bonchev–Trinajstić information content (AvgIpc) is 2.63. The molecule has 0 aliphatic heterocycles. The topological polar surface area (TPSA) is 84.9 Å². The van der Waals surface area contributed by atoms with Crippen molar-refractivity contribution < 1.29 is 24.2 Å². The quantitative estimate of drug-likeness (QED) is 0.754. The number of nitrogens with one attached hydrogen (secondary N) is 1. The molecule has 0 aromatic heterocycles. The summed E-state index contributed by atoms with van der Waals surface area (Å²) in [6.45, 7) is 4.05. The van der Waals surface area contributed by atoms with Crippen LogP contribution in [0.1, 0.15) is 29.8 Å². The van der Waals surface area contributed by atoms with Crippen molar-refractivity contribution in [3.63, 3.8) is 0 Å². The molecule has 2 N–H and O–H groups in total. The van der Waals surface area contributed by atoms with E-state index in [1.165, 1.54) is 7.11 Å². The summed E-state index contributed by atoms with van der Waals surface area (Å²) in [5, 5.41) is 11.8. The number of aliphatic carboxylic acids is 1. The highest BCUT2D eigenvalue weighted by molar-refractivity contribution is 6.04. The number of hydrogen-bond donors (Lipinski definition) is 2. The van der Waals surface area contributed by atoms with E-state index in [1.54, 1.807) is 37.3 Å². The molecule has 0 spiro atoms. The van der Waals surface area contributed by atoms with Crippen LogP contribution in [0, 0.1) is 5.92 Å². The third-order valence-corrected chi connectivity index (χ3v) is 3.90. The zero-order valence-corrected chi connectivity index (χ0v) is 15.1. The number of ether oxygens (including phenoxy) is 2. The molecule has 6 heteroatoms. The fourth-order valence-electron chi connectivity index (χ4n) is 2.45. The van der Waals surface area contributed by atoms with Gasteiger partial charge in [-0.1, -0.05) is 19.1 Å². The number of amides is 1. The van der Waals surface area contributed by atoms with Crippen molar-refractivity contribution in [3.8, 4) is 11.5 Å². The van der Waals surface area contributed by atoms with Crippen LogP contribution in [0.2, 0.25) is 0 Å². The summed E-state index contributed by atoms with van der Waals surface area (Å²) in [5.74, 6) is -0.461. The van der Waals surface area contributed by atoms with Gasteiger partial charge in [0.15, 0.2) is 11.5 Å². The molecule has 0 heterocycles. The summed E-state index contributed by atoms with van der Waals surface area (Å²) in [5.41, 5.74) is 1.99. The number of benzene rings is 2. The Labute approximate surface area is 152 Å². The third kappa shape index (κ3) is 4.99. The Morgan fingerprint density at radius 1 is 1.12 bits per heavy atom. The largest absolute Gasteiger partial charge is 0.493 e. The molecule has 1 amide bonds. The molecule has 0 aliphatic rings. The lowest BCUT2D eigenvalue weighted by atomic mass is 10.0. The second kappa shape index (κ2) is 8.89. The van der Waals surface area contributed by atoms with Crippen LogP contribution in [0.3, 0.4) is 0 Å². The van der Waals surface area contributed by atoms with Crippen LogP contribution in [0.4, 0.5) is 5.69 Å². The maximum absolute atomic E-state index is 12.4. The second-order valence-corrected chi connectivity index (χ2v) is 5.89. The van der Waals surface area contributed by atoms with Crippen LogP contribution in [0.25, 0.3) is 0 Å². The van der Waals surface area contributed by atoms with Gasteiger partial charge in [0.25, 0.3) is 5.91 Å². The van der Waals surface area contributed by atoms with Gasteiger partial charge in [-0.05, 0) is 49.2 Å². The van der Waals surface area contributed by atoms with Crippen LogP contribution >= 0.6 is 0 Å². The minimum Gasteiger partial charge on any atom is -0.493 e. The lowest BCUT2D eigenvalue weighted by molar-refractivity contribution is -0.141. The number of hydrogen-bond acceptors (Lipinski definition) is 4. The number of carbonyl (C=O) groups is 2. The van der Waals surface area contributed by atoms with Gasteiger partial charge < -0.3 is 19.9 Å². The average molecular weight is 357 g/mol. The van der Waals surface area contributed by atoms with Crippen LogP contribution in [0.15, 0.2) is 42.5 Å². The molecule has 0 fully saturated rings. The molecule has 6 nitrogen and oxygen atoms in total. The molecule has 0 saturated carbocycles. The van der Waals surface area contributed by atoms with Crippen LogP contribution in [-0.2, 0) is 11.2 Å². The summed E-state index contributed by atoms with van der Waals surface area (Å²) in [7, 11) is 1.52. The van der Waals surface area contributed by atoms with Crippen molar-refractivity contribution in [2.45, 2.75) is 20.3 Å². The van der Waals surface area contributed by atoms with Gasteiger partial charge in [-0.15, -0.1) is 0 Å². The Morgan fingerprint density at radius 3 is 2.38 bits per heavy atom. The Balaban J connectivity index is 2.06. The van der Waals surface area contributed by atoms with E-state index in [9.17, 15) is 9.59 Å². The summed E-state index contributed by atoms with van der Waals surface area (Å²) in [6, 6.07) is 12.1. The molecule has 1 atom stereocenters. The SMILES string of the molecule is CCOc1ccc(C(=O)Nc2ccc(CC(C)C(=O)O)cc2)cc1OC. The fourth-order valence-corrected chi connectivity index (χ4v) is 2.45. The molecular formula is C20H23NO5. The van der Waals surface area contributed by atoms with Gasteiger partial charge in [0.05, 0.1) is 19.6 Å². The first-order chi connectivity index (χ1) is 12.4. The van der Waals surface area contributed by atoms with E-state index in [0.717, 1.165) is 5.56 Å². The number of carboxylic acids is 1. The normalized spacial score (nSPS) is 11.5. The highest BCUT2D eigenvalue weighted by atomic mass is 16.5. The molecule has 0 aliphatic carbocycles. The number of carbonyl (C=O) groups excluding carboxylic acids is 1. The molecule has 2 aromatic carbocycles. The van der Waals surface area contributed by atoms with Gasteiger partial charge in [-0.3, -0.25) is 9.59 Å². The van der Waals surface area contributed by atoms with E-state index in [4.69, 9.17) is 14.6 Å². The zero-order valence-electron chi connectivity index (χ0n) is 15.1. The fraction of sp³-hybridized carbons (Fsp3) is 0.300. The van der Waals surface area contributed by atoms with Gasteiger partial charge in [-0.2, -0.15) is 0 Å². The Morgan fingerprint density at radius 2 is 1.81 bits per heavy atom. The van der Waals surface area contributed by atoms with Crippen molar-refractivity contribution in [1.29, 1.82) is 0 Å². The van der Waals surface area contributed by atoms with Crippen molar-refractivity contribution >= 4 is 17.6 Å². The minimum absolute atomic E-state index is 0.266. The first kappa shape index (κ1) is 19.3. The van der Waals surface area contributed by atoms with Gasteiger partial charge in [-0.25, -0.2) is 0 Å². The predicted octanol–water partition coefficient (Wildman–Crippen LogP) is 3.61. The Kier molecular flexibility index (Phi) is 6.60. The molecule has 0 radical (unpaired) electrons. The maximum Gasteiger partial charge on any atom is 0.306 e. The lowest BCUT2D eigenvalue weighted by Gasteiger charge is -2.12. The van der Waals surface area contributed by atoms with Gasteiger partial charge in [0.2, 0.25) is 0 Å².